The molecule has 98 valence electrons. The van der Waals surface area contributed by atoms with Gasteiger partial charge in [0, 0.05) is 6.07 Å². The van der Waals surface area contributed by atoms with Gasteiger partial charge in [-0.25, -0.2) is 4.79 Å². The number of benzene rings is 1. The van der Waals surface area contributed by atoms with Gasteiger partial charge in [0.2, 0.25) is 0 Å². The molecule has 2 N–H and O–H groups in total. The average Bonchev–Trinajstić information content (AvgIpc) is 2.37. The van der Waals surface area contributed by atoms with Crippen LogP contribution in [-0.2, 0) is 0 Å². The third kappa shape index (κ3) is 2.78. The van der Waals surface area contributed by atoms with Gasteiger partial charge < -0.3 is 19.9 Å². The maximum atomic E-state index is 11.8. The minimum atomic E-state index is -1.16. The van der Waals surface area contributed by atoms with Crippen molar-refractivity contribution in [3.8, 4) is 11.5 Å². The summed E-state index contributed by atoms with van der Waals surface area (Å²) in [5.74, 6) is -0.968. The quantitative estimate of drug-likeness (QED) is 0.729. The van der Waals surface area contributed by atoms with Crippen LogP contribution in [0.15, 0.2) is 12.1 Å². The van der Waals surface area contributed by atoms with Crippen LogP contribution in [0.5, 0.6) is 11.5 Å². The molecule has 0 aliphatic rings. The lowest BCUT2D eigenvalue weighted by Crippen LogP contribution is -2.19. The van der Waals surface area contributed by atoms with Crippen LogP contribution in [0.1, 0.15) is 20.7 Å². The zero-order chi connectivity index (χ0) is 13.7. The molecular formula is C12H15NO5. The molecule has 0 aliphatic heterocycles. The van der Waals surface area contributed by atoms with Gasteiger partial charge in [0.15, 0.2) is 5.78 Å². The van der Waals surface area contributed by atoms with Crippen LogP contribution in [0.4, 0.5) is 0 Å². The minimum Gasteiger partial charge on any atom is -0.496 e. The fourth-order valence-electron chi connectivity index (χ4n) is 1.54. The van der Waals surface area contributed by atoms with Crippen molar-refractivity contribution in [1.82, 2.24) is 5.32 Å². The number of carbonyl (C=O) groups excluding carboxylic acids is 1. The Balaban J connectivity index is 3.36. The Labute approximate surface area is 105 Å². The predicted octanol–water partition coefficient (Wildman–Crippen LogP) is 0.804. The summed E-state index contributed by atoms with van der Waals surface area (Å²) < 4.78 is 10.0. The number of nitrogens with one attached hydrogen (secondary N) is 1. The second-order valence-electron chi connectivity index (χ2n) is 3.51. The Hall–Kier alpha value is -2.08. The minimum absolute atomic E-state index is 0.0715. The number of carboxylic acid groups (broad SMARTS) is 1. The van der Waals surface area contributed by atoms with Gasteiger partial charge in [-0.2, -0.15) is 0 Å². The normalized spacial score (nSPS) is 9.94. The van der Waals surface area contributed by atoms with E-state index in [1.807, 2.05) is 0 Å². The molecule has 0 aliphatic carbocycles. The highest BCUT2D eigenvalue weighted by molar-refractivity contribution is 6.03. The average molecular weight is 253 g/mol. The summed E-state index contributed by atoms with van der Waals surface area (Å²) >= 11 is 0. The number of methoxy groups -OCH3 is 2. The van der Waals surface area contributed by atoms with E-state index in [1.165, 1.54) is 26.4 Å². The third-order valence-corrected chi connectivity index (χ3v) is 2.39. The highest BCUT2D eigenvalue weighted by Gasteiger charge is 2.19. The van der Waals surface area contributed by atoms with Crippen molar-refractivity contribution in [2.24, 2.45) is 0 Å². The van der Waals surface area contributed by atoms with E-state index in [4.69, 9.17) is 14.6 Å². The number of Topliss-reactive ketones (excluding diaryl/α,β-unsaturated/α-hetero) is 1. The first kappa shape index (κ1) is 14.0. The largest absolute Gasteiger partial charge is 0.496 e. The van der Waals surface area contributed by atoms with Crippen molar-refractivity contribution in [3.05, 3.63) is 23.3 Å². The topological polar surface area (TPSA) is 84.9 Å². The van der Waals surface area contributed by atoms with Gasteiger partial charge >= 0.3 is 5.97 Å². The fourth-order valence-corrected chi connectivity index (χ4v) is 1.54. The number of carbonyl (C=O) groups is 2. The summed E-state index contributed by atoms with van der Waals surface area (Å²) in [6, 6.07) is 2.66. The number of aromatic carboxylic acids is 1. The van der Waals surface area contributed by atoms with Gasteiger partial charge in [0.25, 0.3) is 0 Å². The molecule has 1 aromatic carbocycles. The summed E-state index contributed by atoms with van der Waals surface area (Å²) in [5, 5.41) is 11.8. The van der Waals surface area contributed by atoms with Gasteiger partial charge in [-0.05, 0) is 13.1 Å². The van der Waals surface area contributed by atoms with Crippen LogP contribution in [0.2, 0.25) is 0 Å². The molecule has 0 atom stereocenters. The number of carboxylic acids is 1. The molecule has 6 heteroatoms. The van der Waals surface area contributed by atoms with Crippen molar-refractivity contribution in [2.45, 2.75) is 0 Å². The number of ether oxygens (including phenoxy) is 2. The summed E-state index contributed by atoms with van der Waals surface area (Å²) in [6.07, 6.45) is 0. The molecule has 0 saturated carbocycles. The van der Waals surface area contributed by atoms with E-state index in [2.05, 4.69) is 5.32 Å². The maximum Gasteiger partial charge on any atom is 0.339 e. The Morgan fingerprint density at radius 3 is 2.17 bits per heavy atom. The number of likely N-dealkylation sites (N-methyl/N-ethyl adjacent to an activating group) is 1. The molecule has 18 heavy (non-hydrogen) atoms. The molecule has 0 spiro atoms. The lowest BCUT2D eigenvalue weighted by Gasteiger charge is -2.12. The highest BCUT2D eigenvalue weighted by Crippen LogP contribution is 2.29. The molecule has 6 nitrogen and oxygen atoms in total. The SMILES string of the molecule is CNCC(=O)c1cc(C(=O)O)c(OC)cc1OC. The maximum absolute atomic E-state index is 11.8. The molecule has 1 aromatic rings. The van der Waals surface area contributed by atoms with Crippen molar-refractivity contribution in [2.75, 3.05) is 27.8 Å². The molecule has 0 bridgehead atoms. The zero-order valence-corrected chi connectivity index (χ0v) is 10.4. The number of hydrogen-bond acceptors (Lipinski definition) is 5. The standard InChI is InChI=1S/C12H15NO5/c1-13-6-9(14)7-4-8(12(15)16)11(18-3)5-10(7)17-2/h4-5,13H,6H2,1-3H3,(H,15,16). The monoisotopic (exact) mass is 253 g/mol. The predicted molar refractivity (Wildman–Crippen MR) is 64.8 cm³/mol. The Morgan fingerprint density at radius 1 is 1.17 bits per heavy atom. The molecule has 0 amide bonds. The first-order valence-electron chi connectivity index (χ1n) is 5.22. The zero-order valence-electron chi connectivity index (χ0n) is 10.4. The molecule has 1 rings (SSSR count). The van der Waals surface area contributed by atoms with Crippen LogP contribution in [0.3, 0.4) is 0 Å². The fraction of sp³-hybridized carbons (Fsp3) is 0.333. The molecule has 0 saturated heterocycles. The van der Waals surface area contributed by atoms with Gasteiger partial charge in [-0.15, -0.1) is 0 Å². The molecule has 0 heterocycles. The van der Waals surface area contributed by atoms with Crippen molar-refractivity contribution < 1.29 is 24.2 Å². The second-order valence-corrected chi connectivity index (χ2v) is 3.51. The van der Waals surface area contributed by atoms with Gasteiger partial charge in [-0.1, -0.05) is 0 Å². The lowest BCUT2D eigenvalue weighted by molar-refractivity contribution is 0.0693. The second kappa shape index (κ2) is 6.02. The lowest BCUT2D eigenvalue weighted by atomic mass is 10.0. The van der Waals surface area contributed by atoms with E-state index in [9.17, 15) is 9.59 Å². The van der Waals surface area contributed by atoms with E-state index < -0.39 is 5.97 Å². The first-order valence-corrected chi connectivity index (χ1v) is 5.22. The molecule has 0 unspecified atom stereocenters. The summed E-state index contributed by atoms with van der Waals surface area (Å²) in [6.45, 7) is 0.0990. The van der Waals surface area contributed by atoms with E-state index in [0.29, 0.717) is 0 Å². The summed E-state index contributed by atoms with van der Waals surface area (Å²) in [7, 11) is 4.40. The van der Waals surface area contributed by atoms with Crippen molar-refractivity contribution >= 4 is 11.8 Å². The molecule has 0 fully saturated rings. The van der Waals surface area contributed by atoms with Crippen LogP contribution in [0, 0.1) is 0 Å². The van der Waals surface area contributed by atoms with Crippen LogP contribution >= 0.6 is 0 Å². The van der Waals surface area contributed by atoms with Gasteiger partial charge in [0.1, 0.15) is 17.1 Å². The van der Waals surface area contributed by atoms with Crippen LogP contribution in [0.25, 0.3) is 0 Å². The number of ketones is 1. The summed E-state index contributed by atoms with van der Waals surface area (Å²) in [5.41, 5.74) is 0.141. The number of hydrogen-bond donors (Lipinski definition) is 2. The summed E-state index contributed by atoms with van der Waals surface area (Å²) in [4.78, 5) is 22.9. The van der Waals surface area contributed by atoms with Crippen LogP contribution in [-0.4, -0.2) is 44.7 Å². The van der Waals surface area contributed by atoms with Crippen LogP contribution < -0.4 is 14.8 Å². The van der Waals surface area contributed by atoms with E-state index >= 15 is 0 Å². The highest BCUT2D eigenvalue weighted by atomic mass is 16.5. The number of rotatable bonds is 6. The first-order chi connectivity index (χ1) is 8.54. The Morgan fingerprint density at radius 2 is 1.72 bits per heavy atom. The van der Waals surface area contributed by atoms with Gasteiger partial charge in [-0.3, -0.25) is 4.79 Å². The van der Waals surface area contributed by atoms with E-state index in [1.54, 1.807) is 7.05 Å². The smallest absolute Gasteiger partial charge is 0.339 e. The third-order valence-electron chi connectivity index (χ3n) is 2.39. The van der Waals surface area contributed by atoms with Gasteiger partial charge in [0.05, 0.1) is 26.3 Å². The van der Waals surface area contributed by atoms with E-state index in [0.717, 1.165) is 0 Å². The van der Waals surface area contributed by atoms with E-state index in [-0.39, 0.29) is 35.0 Å². The Kier molecular flexibility index (Phi) is 4.67. The molecule has 0 aromatic heterocycles. The molecular weight excluding hydrogens is 238 g/mol. The van der Waals surface area contributed by atoms with Crippen molar-refractivity contribution in [1.29, 1.82) is 0 Å². The Bertz CT molecular complexity index is 470. The van der Waals surface area contributed by atoms with Crippen molar-refractivity contribution in [3.63, 3.8) is 0 Å². The molecule has 0 radical (unpaired) electrons.